The molecule has 0 saturated carbocycles. The molecule has 0 amide bonds. The van der Waals surface area contributed by atoms with Gasteiger partial charge in [0.05, 0.1) is 9.47 Å². The first-order chi connectivity index (χ1) is 8.20. The van der Waals surface area contributed by atoms with Crippen LogP contribution in [0, 0.1) is 23.7 Å². The largest absolute Gasteiger partial charge is 0.442 e. The van der Waals surface area contributed by atoms with Crippen molar-refractivity contribution in [2.24, 2.45) is 0 Å². The van der Waals surface area contributed by atoms with E-state index in [-0.39, 0.29) is 0 Å². The van der Waals surface area contributed by atoms with Gasteiger partial charge in [0, 0.05) is 24.1 Å². The predicted molar refractivity (Wildman–Crippen MR) is 76.4 cm³/mol. The number of thioether (sulfide) groups is 1. The third-order valence-corrected chi connectivity index (χ3v) is 3.21. The van der Waals surface area contributed by atoms with Crippen molar-refractivity contribution in [1.29, 1.82) is 0 Å². The second-order valence-electron chi connectivity index (χ2n) is 3.30. The van der Waals surface area contributed by atoms with Crippen LogP contribution in [0.1, 0.15) is 19.8 Å². The van der Waals surface area contributed by atoms with E-state index in [0.29, 0.717) is 6.04 Å². The van der Waals surface area contributed by atoms with Crippen molar-refractivity contribution in [3.05, 3.63) is 0 Å². The van der Waals surface area contributed by atoms with Crippen LogP contribution >= 0.6 is 21.2 Å². The van der Waals surface area contributed by atoms with Crippen LogP contribution < -0.4 is 5.32 Å². The summed E-state index contributed by atoms with van der Waals surface area (Å²) in [5.74, 6) is 11.7. The van der Waals surface area contributed by atoms with Gasteiger partial charge in [-0.2, -0.15) is 11.8 Å². The van der Waals surface area contributed by atoms with Crippen molar-refractivity contribution < 1.29 is 9.32 Å². The molecule has 0 aliphatic heterocycles. The zero-order valence-corrected chi connectivity index (χ0v) is 12.2. The van der Waals surface area contributed by atoms with Crippen molar-refractivity contribution in [1.82, 2.24) is 5.32 Å². The SMILES string of the molecule is CNC(C)CCSCCC#CC#CC(=O)OP. The molecule has 3 nitrogen and oxygen atoms in total. The van der Waals surface area contributed by atoms with Gasteiger partial charge in [0.1, 0.15) is 0 Å². The van der Waals surface area contributed by atoms with E-state index >= 15 is 0 Å². The van der Waals surface area contributed by atoms with E-state index in [2.05, 4.69) is 40.4 Å². The molecule has 0 rings (SSSR count). The lowest BCUT2D eigenvalue weighted by molar-refractivity contribution is -0.126. The molecule has 2 unspecified atom stereocenters. The summed E-state index contributed by atoms with van der Waals surface area (Å²) in [6.07, 6.45) is 1.96. The minimum absolute atomic E-state index is 0.567. The van der Waals surface area contributed by atoms with Crippen LogP contribution in [0.15, 0.2) is 0 Å². The van der Waals surface area contributed by atoms with Crippen LogP contribution in [0.4, 0.5) is 0 Å². The standard InChI is InChI=1S/C12H18NO2PS/c1-11(13-2)8-10-17-9-6-4-3-5-7-12(14)15-16/h11,13H,6,8-10,16H2,1-2H3. The normalized spacial score (nSPS) is 10.5. The highest BCUT2D eigenvalue weighted by atomic mass is 32.2. The van der Waals surface area contributed by atoms with Crippen LogP contribution in [-0.4, -0.2) is 30.6 Å². The second-order valence-corrected chi connectivity index (χ2v) is 4.76. The summed E-state index contributed by atoms with van der Waals surface area (Å²) in [5.41, 5.74) is 0. The molecule has 0 spiro atoms. The predicted octanol–water partition coefficient (Wildman–Crippen LogP) is 1.45. The van der Waals surface area contributed by atoms with Gasteiger partial charge < -0.3 is 9.84 Å². The third-order valence-electron chi connectivity index (χ3n) is 1.98. The van der Waals surface area contributed by atoms with Gasteiger partial charge >= 0.3 is 5.97 Å². The monoisotopic (exact) mass is 271 g/mol. The molecule has 1 N–H and O–H groups in total. The lowest BCUT2D eigenvalue weighted by Gasteiger charge is -2.08. The van der Waals surface area contributed by atoms with Crippen molar-refractivity contribution in [2.45, 2.75) is 25.8 Å². The van der Waals surface area contributed by atoms with Gasteiger partial charge in [-0.3, -0.25) is 0 Å². The smallest absolute Gasteiger partial charge is 0.387 e. The fraction of sp³-hybridized carbons (Fsp3) is 0.583. The van der Waals surface area contributed by atoms with Gasteiger partial charge in [-0.05, 0) is 38.0 Å². The minimum atomic E-state index is -0.584. The fourth-order valence-corrected chi connectivity index (χ4v) is 1.88. The summed E-state index contributed by atoms with van der Waals surface area (Å²) >= 11 is 1.88. The summed E-state index contributed by atoms with van der Waals surface area (Å²) in [6.45, 7) is 2.17. The second kappa shape index (κ2) is 11.8. The van der Waals surface area contributed by atoms with Crippen LogP contribution in [0.2, 0.25) is 0 Å². The van der Waals surface area contributed by atoms with Crippen molar-refractivity contribution >= 4 is 27.2 Å². The number of hydrogen-bond donors (Lipinski definition) is 1. The van der Waals surface area contributed by atoms with Gasteiger partial charge in [0.15, 0.2) is 0 Å². The van der Waals surface area contributed by atoms with Gasteiger partial charge in [0.25, 0.3) is 0 Å². The molecule has 0 saturated heterocycles. The maximum Gasteiger partial charge on any atom is 0.387 e. The van der Waals surface area contributed by atoms with Crippen molar-refractivity contribution in [3.63, 3.8) is 0 Å². The Morgan fingerprint density at radius 1 is 1.47 bits per heavy atom. The van der Waals surface area contributed by atoms with E-state index in [1.807, 2.05) is 28.3 Å². The van der Waals surface area contributed by atoms with E-state index in [0.717, 1.165) is 24.3 Å². The molecule has 0 aromatic rings. The summed E-state index contributed by atoms with van der Waals surface area (Å²) in [7, 11) is 3.82. The summed E-state index contributed by atoms with van der Waals surface area (Å²) in [5, 5.41) is 3.19. The molecule has 5 heteroatoms. The third kappa shape index (κ3) is 11.6. The van der Waals surface area contributed by atoms with E-state index in [1.165, 1.54) is 0 Å². The highest BCUT2D eigenvalue weighted by Crippen LogP contribution is 2.05. The van der Waals surface area contributed by atoms with Crippen LogP contribution in [-0.2, 0) is 9.32 Å². The van der Waals surface area contributed by atoms with E-state index in [4.69, 9.17) is 0 Å². The highest BCUT2D eigenvalue weighted by molar-refractivity contribution is 7.99. The minimum Gasteiger partial charge on any atom is -0.442 e. The Kier molecular flexibility index (Phi) is 11.3. The Balaban J connectivity index is 3.48. The Morgan fingerprint density at radius 3 is 2.88 bits per heavy atom. The number of hydrogen-bond acceptors (Lipinski definition) is 4. The average molecular weight is 271 g/mol. The van der Waals surface area contributed by atoms with Gasteiger partial charge in [-0.1, -0.05) is 5.92 Å². The number of carbonyl (C=O) groups excluding carboxylic acids is 1. The Bertz CT molecular complexity index is 338. The number of nitrogens with one attached hydrogen (secondary N) is 1. The molecule has 0 aliphatic rings. The highest BCUT2D eigenvalue weighted by Gasteiger charge is 1.96. The summed E-state index contributed by atoms with van der Waals surface area (Å²) in [6, 6.07) is 0.567. The molecule has 0 fully saturated rings. The number of rotatable bonds is 6. The molecule has 0 heterocycles. The summed E-state index contributed by atoms with van der Waals surface area (Å²) < 4.78 is 4.27. The van der Waals surface area contributed by atoms with Crippen LogP contribution in [0.25, 0.3) is 0 Å². The molecule has 2 atom stereocenters. The van der Waals surface area contributed by atoms with Crippen molar-refractivity contribution in [2.75, 3.05) is 18.6 Å². The maximum absolute atomic E-state index is 10.6. The summed E-state index contributed by atoms with van der Waals surface area (Å²) in [4.78, 5) is 10.6. The molecule has 0 bridgehead atoms. The van der Waals surface area contributed by atoms with Gasteiger partial charge in [-0.15, -0.1) is 0 Å². The average Bonchev–Trinajstić information content (AvgIpc) is 2.35. The zero-order chi connectivity index (χ0) is 12.9. The molecular weight excluding hydrogens is 253 g/mol. The van der Waals surface area contributed by atoms with Crippen molar-refractivity contribution in [3.8, 4) is 23.7 Å². The Labute approximate surface area is 110 Å². The first kappa shape index (κ1) is 16.3. The van der Waals surface area contributed by atoms with Crippen LogP contribution in [0.5, 0.6) is 0 Å². The molecule has 0 aliphatic carbocycles. The molecule has 17 heavy (non-hydrogen) atoms. The van der Waals surface area contributed by atoms with Gasteiger partial charge in [0.2, 0.25) is 0 Å². The first-order valence-corrected chi connectivity index (χ1v) is 6.98. The Morgan fingerprint density at radius 2 is 2.24 bits per heavy atom. The first-order valence-electron chi connectivity index (χ1n) is 5.35. The maximum atomic E-state index is 10.6. The molecule has 0 aromatic heterocycles. The molecule has 0 radical (unpaired) electrons. The fourth-order valence-electron chi connectivity index (χ4n) is 0.848. The van der Waals surface area contributed by atoms with E-state index in [9.17, 15) is 4.79 Å². The molecular formula is C12H18NO2PS. The van der Waals surface area contributed by atoms with E-state index < -0.39 is 5.97 Å². The lowest BCUT2D eigenvalue weighted by Crippen LogP contribution is -2.21. The zero-order valence-electron chi connectivity index (χ0n) is 10.2. The van der Waals surface area contributed by atoms with Crippen LogP contribution in [0.3, 0.4) is 0 Å². The Hall–Kier alpha value is -0.670. The lowest BCUT2D eigenvalue weighted by atomic mass is 10.3. The quantitative estimate of drug-likeness (QED) is 0.451. The molecule has 0 aromatic carbocycles. The number of carbonyl (C=O) groups is 1. The van der Waals surface area contributed by atoms with E-state index in [1.54, 1.807) is 0 Å². The molecule has 94 valence electrons. The van der Waals surface area contributed by atoms with Gasteiger partial charge in [-0.25, -0.2) is 4.79 Å². The topological polar surface area (TPSA) is 38.3 Å².